The first-order valence-electron chi connectivity index (χ1n) is 8.16. The third-order valence-corrected chi connectivity index (χ3v) is 3.69. The maximum Gasteiger partial charge on any atom is 0.132 e. The molecule has 0 aliphatic heterocycles. The van der Waals surface area contributed by atoms with Gasteiger partial charge in [0.05, 0.1) is 0 Å². The van der Waals surface area contributed by atoms with Gasteiger partial charge in [0, 0.05) is 31.5 Å². The SMILES string of the molecule is Cc1nc(NCCc2ccccc2F)cc(NCc2cccnc2)n1. The Morgan fingerprint density at radius 3 is 2.56 bits per heavy atom. The summed E-state index contributed by atoms with van der Waals surface area (Å²) in [6, 6.07) is 12.6. The van der Waals surface area contributed by atoms with Crippen LogP contribution in [0.4, 0.5) is 16.0 Å². The van der Waals surface area contributed by atoms with Crippen LogP contribution in [0.25, 0.3) is 0 Å². The summed E-state index contributed by atoms with van der Waals surface area (Å²) in [5, 5.41) is 6.50. The average Bonchev–Trinajstić information content (AvgIpc) is 2.62. The first-order valence-corrected chi connectivity index (χ1v) is 8.16. The van der Waals surface area contributed by atoms with Gasteiger partial charge in [-0.25, -0.2) is 14.4 Å². The lowest BCUT2D eigenvalue weighted by molar-refractivity contribution is 0.610. The predicted octanol–water partition coefficient (Wildman–Crippen LogP) is 3.59. The molecule has 2 N–H and O–H groups in total. The fraction of sp³-hybridized carbons (Fsp3) is 0.211. The van der Waals surface area contributed by atoms with E-state index in [1.165, 1.54) is 6.07 Å². The maximum atomic E-state index is 13.6. The Balaban J connectivity index is 1.58. The zero-order chi connectivity index (χ0) is 17.5. The van der Waals surface area contributed by atoms with Crippen LogP contribution in [0.3, 0.4) is 0 Å². The summed E-state index contributed by atoms with van der Waals surface area (Å²) < 4.78 is 13.6. The lowest BCUT2D eigenvalue weighted by atomic mass is 10.1. The van der Waals surface area contributed by atoms with E-state index in [1.54, 1.807) is 18.3 Å². The molecule has 3 aromatic rings. The van der Waals surface area contributed by atoms with Crippen LogP contribution in [0.15, 0.2) is 54.9 Å². The van der Waals surface area contributed by atoms with Gasteiger partial charge in [-0.1, -0.05) is 24.3 Å². The molecule has 0 spiro atoms. The lowest BCUT2D eigenvalue weighted by Crippen LogP contribution is -2.10. The van der Waals surface area contributed by atoms with Crippen molar-refractivity contribution >= 4 is 11.6 Å². The molecule has 25 heavy (non-hydrogen) atoms. The monoisotopic (exact) mass is 337 g/mol. The number of nitrogens with one attached hydrogen (secondary N) is 2. The van der Waals surface area contributed by atoms with Crippen LogP contribution in [-0.2, 0) is 13.0 Å². The zero-order valence-electron chi connectivity index (χ0n) is 14.0. The Labute approximate surface area is 146 Å². The van der Waals surface area contributed by atoms with E-state index in [9.17, 15) is 4.39 Å². The van der Waals surface area contributed by atoms with Gasteiger partial charge in [-0.3, -0.25) is 4.98 Å². The molecule has 128 valence electrons. The van der Waals surface area contributed by atoms with Crippen molar-refractivity contribution in [1.82, 2.24) is 15.0 Å². The van der Waals surface area contributed by atoms with E-state index in [1.807, 2.05) is 37.4 Å². The van der Waals surface area contributed by atoms with Gasteiger partial charge in [0.1, 0.15) is 23.3 Å². The van der Waals surface area contributed by atoms with Crippen LogP contribution >= 0.6 is 0 Å². The molecule has 0 aliphatic rings. The van der Waals surface area contributed by atoms with Crippen molar-refractivity contribution in [3.05, 3.63) is 77.6 Å². The number of halogens is 1. The molecule has 0 atom stereocenters. The number of aromatic nitrogens is 3. The van der Waals surface area contributed by atoms with Gasteiger partial charge in [-0.2, -0.15) is 0 Å². The highest BCUT2D eigenvalue weighted by molar-refractivity contribution is 5.47. The van der Waals surface area contributed by atoms with E-state index >= 15 is 0 Å². The highest BCUT2D eigenvalue weighted by Crippen LogP contribution is 2.13. The second-order valence-corrected chi connectivity index (χ2v) is 5.67. The quantitative estimate of drug-likeness (QED) is 0.690. The highest BCUT2D eigenvalue weighted by atomic mass is 19.1. The topological polar surface area (TPSA) is 62.7 Å². The lowest BCUT2D eigenvalue weighted by Gasteiger charge is -2.10. The van der Waals surface area contributed by atoms with Gasteiger partial charge >= 0.3 is 0 Å². The zero-order valence-corrected chi connectivity index (χ0v) is 14.0. The van der Waals surface area contributed by atoms with Crippen molar-refractivity contribution in [2.24, 2.45) is 0 Å². The summed E-state index contributed by atoms with van der Waals surface area (Å²) in [6.45, 7) is 3.08. The van der Waals surface area contributed by atoms with Gasteiger partial charge in [0.2, 0.25) is 0 Å². The fourth-order valence-electron chi connectivity index (χ4n) is 2.47. The standard InChI is InChI=1S/C19H20FN5/c1-14-24-18(22-10-8-16-6-2-3-7-17(16)20)11-19(25-14)23-13-15-5-4-9-21-12-15/h2-7,9,11-12H,8,10,13H2,1H3,(H2,22,23,24,25). The van der Waals surface area contributed by atoms with E-state index in [-0.39, 0.29) is 5.82 Å². The number of pyridine rings is 1. The second-order valence-electron chi connectivity index (χ2n) is 5.67. The normalized spacial score (nSPS) is 10.5. The van der Waals surface area contributed by atoms with Crippen LogP contribution in [0.5, 0.6) is 0 Å². The molecular weight excluding hydrogens is 317 g/mol. The summed E-state index contributed by atoms with van der Waals surface area (Å²) in [6.07, 6.45) is 4.15. The molecule has 0 radical (unpaired) electrons. The molecule has 3 rings (SSSR count). The molecule has 2 aromatic heterocycles. The minimum absolute atomic E-state index is 0.179. The van der Waals surface area contributed by atoms with Gasteiger partial charge in [-0.05, 0) is 36.6 Å². The number of hydrogen-bond donors (Lipinski definition) is 2. The number of anilines is 2. The molecule has 5 nitrogen and oxygen atoms in total. The van der Waals surface area contributed by atoms with Gasteiger partial charge in [0.15, 0.2) is 0 Å². The summed E-state index contributed by atoms with van der Waals surface area (Å²) in [5.74, 6) is 1.95. The third-order valence-electron chi connectivity index (χ3n) is 3.69. The molecule has 0 unspecified atom stereocenters. The first-order chi connectivity index (χ1) is 12.2. The van der Waals surface area contributed by atoms with Crippen molar-refractivity contribution in [1.29, 1.82) is 0 Å². The van der Waals surface area contributed by atoms with Crippen molar-refractivity contribution < 1.29 is 4.39 Å². The summed E-state index contributed by atoms with van der Waals surface area (Å²) >= 11 is 0. The minimum atomic E-state index is -0.179. The largest absolute Gasteiger partial charge is 0.370 e. The Morgan fingerprint density at radius 1 is 1.00 bits per heavy atom. The summed E-state index contributed by atoms with van der Waals surface area (Å²) in [4.78, 5) is 12.9. The Hall–Kier alpha value is -3.02. The van der Waals surface area contributed by atoms with E-state index in [0.29, 0.717) is 30.9 Å². The first kappa shape index (κ1) is 16.8. The number of aryl methyl sites for hydroxylation is 1. The van der Waals surface area contributed by atoms with Crippen molar-refractivity contribution in [2.45, 2.75) is 19.9 Å². The second kappa shape index (κ2) is 8.19. The van der Waals surface area contributed by atoms with Crippen LogP contribution in [0.2, 0.25) is 0 Å². The van der Waals surface area contributed by atoms with Crippen LogP contribution in [0, 0.1) is 12.7 Å². The number of nitrogens with zero attached hydrogens (tertiary/aromatic N) is 3. The summed E-state index contributed by atoms with van der Waals surface area (Å²) in [5.41, 5.74) is 1.77. The molecule has 0 saturated heterocycles. The average molecular weight is 337 g/mol. The van der Waals surface area contributed by atoms with Crippen LogP contribution in [-0.4, -0.2) is 21.5 Å². The number of rotatable bonds is 7. The molecule has 0 fully saturated rings. The summed E-state index contributed by atoms with van der Waals surface area (Å²) in [7, 11) is 0. The fourth-order valence-corrected chi connectivity index (χ4v) is 2.47. The molecule has 0 bridgehead atoms. The molecule has 0 amide bonds. The predicted molar refractivity (Wildman–Crippen MR) is 96.9 cm³/mol. The van der Waals surface area contributed by atoms with E-state index in [4.69, 9.17) is 0 Å². The van der Waals surface area contributed by atoms with Gasteiger partial charge in [0.25, 0.3) is 0 Å². The van der Waals surface area contributed by atoms with Crippen molar-refractivity contribution in [3.8, 4) is 0 Å². The minimum Gasteiger partial charge on any atom is -0.370 e. The Morgan fingerprint density at radius 2 is 1.80 bits per heavy atom. The maximum absolute atomic E-state index is 13.6. The third kappa shape index (κ3) is 4.97. The van der Waals surface area contributed by atoms with E-state index < -0.39 is 0 Å². The molecule has 6 heteroatoms. The van der Waals surface area contributed by atoms with Crippen molar-refractivity contribution in [2.75, 3.05) is 17.2 Å². The number of hydrogen-bond acceptors (Lipinski definition) is 5. The van der Waals surface area contributed by atoms with E-state index in [2.05, 4.69) is 25.6 Å². The molecule has 2 heterocycles. The van der Waals surface area contributed by atoms with E-state index in [0.717, 1.165) is 17.2 Å². The Kier molecular flexibility index (Phi) is 5.51. The Bertz CT molecular complexity index is 823. The van der Waals surface area contributed by atoms with Crippen LogP contribution in [0.1, 0.15) is 17.0 Å². The molecule has 1 aromatic carbocycles. The van der Waals surface area contributed by atoms with Gasteiger partial charge in [-0.15, -0.1) is 0 Å². The smallest absolute Gasteiger partial charge is 0.132 e. The van der Waals surface area contributed by atoms with Crippen molar-refractivity contribution in [3.63, 3.8) is 0 Å². The van der Waals surface area contributed by atoms with Gasteiger partial charge < -0.3 is 10.6 Å². The molecule has 0 saturated carbocycles. The highest BCUT2D eigenvalue weighted by Gasteiger charge is 2.04. The molecular formula is C19H20FN5. The number of benzene rings is 1. The molecule has 0 aliphatic carbocycles. The van der Waals surface area contributed by atoms with Crippen LogP contribution < -0.4 is 10.6 Å².